The number of aliphatic hydroxyl groups is 1. The molecule has 4 nitrogen and oxygen atoms in total. The normalized spacial score (nSPS) is 32.0. The largest absolute Gasteiger partial charge is 0.438 e. The molecule has 0 saturated carbocycles. The Morgan fingerprint density at radius 1 is 1.40 bits per heavy atom. The molecule has 20 heavy (non-hydrogen) atoms. The molecule has 1 aromatic carbocycles. The molecule has 0 radical (unpaired) electrons. The summed E-state index contributed by atoms with van der Waals surface area (Å²) in [6.45, 7) is 0. The Labute approximate surface area is 120 Å². The minimum absolute atomic E-state index is 0.0721. The molecule has 2 aromatic rings. The number of aromatic amines is 1. The van der Waals surface area contributed by atoms with E-state index in [-0.39, 0.29) is 12.4 Å². The van der Waals surface area contributed by atoms with Crippen LogP contribution >= 0.6 is 11.8 Å². The Morgan fingerprint density at radius 3 is 3.00 bits per heavy atom. The van der Waals surface area contributed by atoms with Gasteiger partial charge in [-0.2, -0.15) is 0 Å². The van der Waals surface area contributed by atoms with Crippen molar-refractivity contribution in [2.45, 2.75) is 29.8 Å². The molecular formula is C15H15NO3S. The van der Waals surface area contributed by atoms with Crippen molar-refractivity contribution in [3.05, 3.63) is 35.5 Å². The molecule has 0 bridgehead atoms. The molecule has 1 aliphatic heterocycles. The first kappa shape index (κ1) is 12.3. The second kappa shape index (κ2) is 3.80. The van der Waals surface area contributed by atoms with Crippen LogP contribution in [-0.2, 0) is 20.9 Å². The lowest BCUT2D eigenvalue weighted by Crippen LogP contribution is -2.49. The van der Waals surface area contributed by atoms with Gasteiger partial charge in [-0.05, 0) is 30.7 Å². The van der Waals surface area contributed by atoms with Gasteiger partial charge in [0.1, 0.15) is 5.60 Å². The Hall–Kier alpha value is -1.46. The fraction of sp³-hybridized carbons (Fsp3) is 0.400. The monoisotopic (exact) mass is 289 g/mol. The molecule has 2 N–H and O–H groups in total. The van der Waals surface area contributed by atoms with Gasteiger partial charge in [0.2, 0.25) is 4.93 Å². The van der Waals surface area contributed by atoms with Crippen molar-refractivity contribution < 1.29 is 14.6 Å². The minimum atomic E-state index is -1.11. The van der Waals surface area contributed by atoms with E-state index >= 15 is 0 Å². The first-order chi connectivity index (χ1) is 9.60. The Bertz CT molecular complexity index is 725. The molecular weight excluding hydrogens is 274 g/mol. The summed E-state index contributed by atoms with van der Waals surface area (Å²) in [7, 11) is 0. The van der Waals surface area contributed by atoms with Gasteiger partial charge in [0.25, 0.3) is 0 Å². The van der Waals surface area contributed by atoms with Crippen LogP contribution in [0.4, 0.5) is 0 Å². The lowest BCUT2D eigenvalue weighted by molar-refractivity contribution is -0.147. The van der Waals surface area contributed by atoms with E-state index in [1.165, 1.54) is 11.8 Å². The Morgan fingerprint density at radius 2 is 2.20 bits per heavy atom. The van der Waals surface area contributed by atoms with Crippen LogP contribution in [0.3, 0.4) is 0 Å². The van der Waals surface area contributed by atoms with Crippen molar-refractivity contribution in [2.24, 2.45) is 0 Å². The fourth-order valence-electron chi connectivity index (χ4n) is 3.59. The third-order valence-corrected chi connectivity index (χ3v) is 5.77. The van der Waals surface area contributed by atoms with Crippen LogP contribution in [0.2, 0.25) is 0 Å². The molecule has 2 atom stereocenters. The minimum Gasteiger partial charge on any atom is -0.438 e. The summed E-state index contributed by atoms with van der Waals surface area (Å²) in [5, 5.41) is 12.1. The summed E-state index contributed by atoms with van der Waals surface area (Å²) < 4.78 is 5.60. The van der Waals surface area contributed by atoms with Crippen molar-refractivity contribution in [1.29, 1.82) is 0 Å². The van der Waals surface area contributed by atoms with E-state index in [2.05, 4.69) is 11.1 Å². The van der Waals surface area contributed by atoms with Gasteiger partial charge in [-0.15, -0.1) is 11.8 Å². The summed E-state index contributed by atoms with van der Waals surface area (Å²) in [6.07, 6.45) is 3.26. The summed E-state index contributed by atoms with van der Waals surface area (Å²) in [4.78, 5) is 14.2. The smallest absolute Gasteiger partial charge is 0.310 e. The molecule has 2 unspecified atom stereocenters. The van der Waals surface area contributed by atoms with Crippen LogP contribution < -0.4 is 0 Å². The number of hydrogen-bond acceptors (Lipinski definition) is 4. The van der Waals surface area contributed by atoms with Gasteiger partial charge in [0.05, 0.1) is 12.1 Å². The number of esters is 1. The molecule has 5 heteroatoms. The Kier molecular flexibility index (Phi) is 2.34. The van der Waals surface area contributed by atoms with Gasteiger partial charge in [0, 0.05) is 10.9 Å². The SMILES string of the molecule is CSC12OC(=O)CC1(O)CCc1c2[nH]c2ccccc12. The van der Waals surface area contributed by atoms with E-state index in [4.69, 9.17) is 4.74 Å². The van der Waals surface area contributed by atoms with Gasteiger partial charge < -0.3 is 14.8 Å². The molecule has 2 heterocycles. The summed E-state index contributed by atoms with van der Waals surface area (Å²) in [5.41, 5.74) is 1.93. The molecule has 0 spiro atoms. The summed E-state index contributed by atoms with van der Waals surface area (Å²) in [6, 6.07) is 8.06. The van der Waals surface area contributed by atoms with Crippen molar-refractivity contribution >= 4 is 28.6 Å². The average Bonchev–Trinajstić information content (AvgIpc) is 2.93. The number of nitrogens with one attached hydrogen (secondary N) is 1. The number of aryl methyl sites for hydroxylation is 1. The van der Waals surface area contributed by atoms with Crippen LogP contribution in [0.25, 0.3) is 10.9 Å². The second-order valence-corrected chi connectivity index (χ2v) is 6.51. The third kappa shape index (κ3) is 1.29. The maximum atomic E-state index is 11.8. The zero-order valence-electron chi connectivity index (χ0n) is 11.1. The summed E-state index contributed by atoms with van der Waals surface area (Å²) in [5.74, 6) is -0.326. The molecule has 0 amide bonds. The zero-order valence-corrected chi connectivity index (χ0v) is 11.9. The van der Waals surface area contributed by atoms with E-state index in [0.29, 0.717) is 6.42 Å². The molecule has 104 valence electrons. The molecule has 1 saturated heterocycles. The highest BCUT2D eigenvalue weighted by atomic mass is 32.2. The topological polar surface area (TPSA) is 62.3 Å². The summed E-state index contributed by atoms with van der Waals surface area (Å²) >= 11 is 1.40. The average molecular weight is 289 g/mol. The standard InChI is InChI=1S/C15H15NO3S/c1-20-15-13-10(9-4-2-3-5-11(9)16-13)6-7-14(15,18)8-12(17)19-15/h2-5,16,18H,6-8H2,1H3. The van der Waals surface area contributed by atoms with Gasteiger partial charge in [-0.3, -0.25) is 4.79 Å². The Balaban J connectivity index is 2.03. The number of fused-ring (bicyclic) bond motifs is 5. The third-order valence-electron chi connectivity index (χ3n) is 4.53. The van der Waals surface area contributed by atoms with Crippen LogP contribution in [0.1, 0.15) is 24.1 Å². The van der Waals surface area contributed by atoms with E-state index in [1.54, 1.807) is 0 Å². The van der Waals surface area contributed by atoms with Gasteiger partial charge >= 0.3 is 5.97 Å². The number of carbonyl (C=O) groups is 1. The van der Waals surface area contributed by atoms with Gasteiger partial charge in [0.15, 0.2) is 0 Å². The van der Waals surface area contributed by atoms with Crippen LogP contribution in [-0.4, -0.2) is 27.9 Å². The van der Waals surface area contributed by atoms with Gasteiger partial charge in [-0.25, -0.2) is 0 Å². The van der Waals surface area contributed by atoms with Crippen molar-refractivity contribution in [3.8, 4) is 0 Å². The predicted octanol–water partition coefficient (Wildman–Crippen LogP) is 2.31. The van der Waals surface area contributed by atoms with Crippen molar-refractivity contribution in [1.82, 2.24) is 4.98 Å². The highest BCUT2D eigenvalue weighted by Crippen LogP contribution is 2.57. The molecule has 1 aromatic heterocycles. The van der Waals surface area contributed by atoms with Crippen LogP contribution in [0.5, 0.6) is 0 Å². The lowest BCUT2D eigenvalue weighted by Gasteiger charge is -2.41. The number of benzene rings is 1. The number of H-pyrrole nitrogens is 1. The zero-order chi connectivity index (χ0) is 14.0. The number of thioether (sulfide) groups is 1. The van der Waals surface area contributed by atoms with Crippen molar-refractivity contribution in [3.63, 3.8) is 0 Å². The van der Waals surface area contributed by atoms with E-state index in [9.17, 15) is 9.90 Å². The highest BCUT2D eigenvalue weighted by Gasteiger charge is 2.64. The quantitative estimate of drug-likeness (QED) is 0.791. The van der Waals surface area contributed by atoms with E-state index < -0.39 is 10.5 Å². The van der Waals surface area contributed by atoms with Crippen molar-refractivity contribution in [2.75, 3.05) is 6.26 Å². The fourth-order valence-corrected chi connectivity index (χ4v) is 4.70. The van der Waals surface area contributed by atoms with Crippen LogP contribution in [0, 0.1) is 0 Å². The number of ether oxygens (including phenoxy) is 1. The first-order valence-corrected chi connectivity index (χ1v) is 7.91. The van der Waals surface area contributed by atoms with Gasteiger partial charge in [-0.1, -0.05) is 18.2 Å². The lowest BCUT2D eigenvalue weighted by atomic mass is 9.79. The second-order valence-electron chi connectivity index (χ2n) is 5.53. The maximum absolute atomic E-state index is 11.8. The number of aromatic nitrogens is 1. The van der Waals surface area contributed by atoms with Crippen LogP contribution in [0.15, 0.2) is 24.3 Å². The number of hydrogen-bond donors (Lipinski definition) is 2. The maximum Gasteiger partial charge on any atom is 0.310 e. The molecule has 2 aliphatic rings. The number of rotatable bonds is 1. The van der Waals surface area contributed by atoms with E-state index in [0.717, 1.165) is 28.6 Å². The molecule has 1 aliphatic carbocycles. The number of para-hydroxylation sites is 1. The first-order valence-electron chi connectivity index (χ1n) is 6.69. The highest BCUT2D eigenvalue weighted by molar-refractivity contribution is 7.99. The predicted molar refractivity (Wildman–Crippen MR) is 77.5 cm³/mol. The molecule has 1 fully saturated rings. The molecule has 4 rings (SSSR count). The van der Waals surface area contributed by atoms with E-state index in [1.807, 2.05) is 24.5 Å². The number of carbonyl (C=O) groups excluding carboxylic acids is 1.